The summed E-state index contributed by atoms with van der Waals surface area (Å²) in [5, 5.41) is 0. The second-order valence-corrected chi connectivity index (χ2v) is 2.48. The molecule has 4 heteroatoms. The Hall–Kier alpha value is -0.870. The summed E-state index contributed by atoms with van der Waals surface area (Å²) in [5.41, 5.74) is 11.1. The van der Waals surface area contributed by atoms with E-state index in [-0.39, 0.29) is 6.61 Å². The van der Waals surface area contributed by atoms with E-state index in [0.717, 1.165) is 5.57 Å². The molecule has 0 aliphatic heterocycles. The maximum Gasteiger partial charge on any atom is 0.236 e. The minimum Gasteiger partial charge on any atom is -0.375 e. The fraction of sp³-hybridized carbons (Fsp3) is 0.571. The average Bonchev–Trinajstić information content (AvgIpc) is 1.86. The van der Waals surface area contributed by atoms with Gasteiger partial charge in [-0.1, -0.05) is 12.2 Å². The lowest BCUT2D eigenvalue weighted by Crippen LogP contribution is -2.40. The van der Waals surface area contributed by atoms with E-state index in [1.54, 1.807) is 0 Å². The first kappa shape index (κ1) is 10.1. The summed E-state index contributed by atoms with van der Waals surface area (Å²) in [6, 6.07) is -0.714. The van der Waals surface area contributed by atoms with Crippen LogP contribution in [0.4, 0.5) is 0 Å². The smallest absolute Gasteiger partial charge is 0.236 e. The van der Waals surface area contributed by atoms with Crippen LogP contribution < -0.4 is 11.5 Å². The average molecular weight is 158 g/mol. The van der Waals surface area contributed by atoms with Crippen molar-refractivity contribution in [3.8, 4) is 0 Å². The number of carbonyl (C=O) groups is 1. The summed E-state index contributed by atoms with van der Waals surface area (Å²) in [7, 11) is 0. The Morgan fingerprint density at radius 3 is 2.64 bits per heavy atom. The van der Waals surface area contributed by atoms with Crippen molar-refractivity contribution >= 4 is 5.91 Å². The number of amides is 1. The first-order valence-corrected chi connectivity index (χ1v) is 3.31. The zero-order chi connectivity index (χ0) is 8.85. The molecule has 0 fully saturated rings. The van der Waals surface area contributed by atoms with Crippen LogP contribution in [0.3, 0.4) is 0 Å². The van der Waals surface area contributed by atoms with Gasteiger partial charge in [0.05, 0.1) is 13.2 Å². The van der Waals surface area contributed by atoms with Gasteiger partial charge in [0.1, 0.15) is 6.04 Å². The van der Waals surface area contributed by atoms with Gasteiger partial charge < -0.3 is 16.2 Å². The van der Waals surface area contributed by atoms with Crippen molar-refractivity contribution < 1.29 is 9.53 Å². The maximum absolute atomic E-state index is 10.4. The van der Waals surface area contributed by atoms with Gasteiger partial charge in [0.25, 0.3) is 0 Å². The fourth-order valence-electron chi connectivity index (χ4n) is 0.442. The third kappa shape index (κ3) is 5.57. The summed E-state index contributed by atoms with van der Waals surface area (Å²) in [5.74, 6) is -0.549. The van der Waals surface area contributed by atoms with Crippen molar-refractivity contribution in [2.75, 3.05) is 13.2 Å². The molecule has 0 heterocycles. The molecule has 0 rings (SSSR count). The highest BCUT2D eigenvalue weighted by atomic mass is 16.5. The van der Waals surface area contributed by atoms with Gasteiger partial charge in [-0.25, -0.2) is 0 Å². The zero-order valence-electron chi connectivity index (χ0n) is 6.67. The monoisotopic (exact) mass is 158 g/mol. The van der Waals surface area contributed by atoms with Gasteiger partial charge in [-0.2, -0.15) is 0 Å². The Balaban J connectivity index is 3.39. The molecule has 0 radical (unpaired) electrons. The van der Waals surface area contributed by atoms with E-state index < -0.39 is 11.9 Å². The van der Waals surface area contributed by atoms with Crippen LogP contribution in [0.5, 0.6) is 0 Å². The van der Waals surface area contributed by atoms with Crippen LogP contribution in [-0.4, -0.2) is 25.2 Å². The quantitative estimate of drug-likeness (QED) is 0.524. The third-order valence-corrected chi connectivity index (χ3v) is 1.01. The molecular formula is C7H14N2O2. The Morgan fingerprint density at radius 2 is 2.27 bits per heavy atom. The van der Waals surface area contributed by atoms with Crippen molar-refractivity contribution in [2.24, 2.45) is 11.5 Å². The largest absolute Gasteiger partial charge is 0.375 e. The highest BCUT2D eigenvalue weighted by molar-refractivity contribution is 5.79. The number of hydrogen-bond donors (Lipinski definition) is 2. The molecule has 0 aromatic carbocycles. The van der Waals surface area contributed by atoms with Crippen LogP contribution in [0.25, 0.3) is 0 Å². The molecular weight excluding hydrogens is 144 g/mol. The molecule has 0 aliphatic rings. The molecule has 0 aromatic rings. The summed E-state index contributed by atoms with van der Waals surface area (Å²) >= 11 is 0. The van der Waals surface area contributed by atoms with Gasteiger partial charge in [0, 0.05) is 0 Å². The molecule has 0 aromatic heterocycles. The van der Waals surface area contributed by atoms with Crippen molar-refractivity contribution in [3.05, 3.63) is 12.2 Å². The molecule has 0 saturated carbocycles. The summed E-state index contributed by atoms with van der Waals surface area (Å²) in [6.45, 7) is 6.02. The van der Waals surface area contributed by atoms with Crippen LogP contribution in [0.2, 0.25) is 0 Å². The predicted octanol–water partition coefficient (Wildman–Crippen LogP) is -0.608. The summed E-state index contributed by atoms with van der Waals surface area (Å²) in [4.78, 5) is 10.4. The lowest BCUT2D eigenvalue weighted by Gasteiger charge is -2.07. The Morgan fingerprint density at radius 1 is 1.73 bits per heavy atom. The number of primary amides is 1. The molecule has 1 amide bonds. The Kier molecular flexibility index (Phi) is 4.49. The van der Waals surface area contributed by atoms with E-state index in [0.29, 0.717) is 6.61 Å². The molecule has 64 valence electrons. The van der Waals surface area contributed by atoms with Gasteiger partial charge in [0.2, 0.25) is 5.91 Å². The number of hydrogen-bond acceptors (Lipinski definition) is 3. The topological polar surface area (TPSA) is 78.3 Å². The maximum atomic E-state index is 10.4. The normalized spacial score (nSPS) is 12.5. The second-order valence-electron chi connectivity index (χ2n) is 2.48. The molecule has 0 bridgehead atoms. The molecule has 4 N–H and O–H groups in total. The highest BCUT2D eigenvalue weighted by Crippen LogP contribution is 1.88. The number of ether oxygens (including phenoxy) is 1. The van der Waals surface area contributed by atoms with E-state index in [9.17, 15) is 4.79 Å². The molecule has 0 spiro atoms. The number of rotatable bonds is 5. The number of nitrogens with two attached hydrogens (primary N) is 2. The minimum atomic E-state index is -0.714. The van der Waals surface area contributed by atoms with Crippen molar-refractivity contribution in [2.45, 2.75) is 13.0 Å². The van der Waals surface area contributed by atoms with Gasteiger partial charge in [0.15, 0.2) is 0 Å². The molecule has 4 nitrogen and oxygen atoms in total. The van der Waals surface area contributed by atoms with Crippen molar-refractivity contribution in [1.29, 1.82) is 0 Å². The molecule has 11 heavy (non-hydrogen) atoms. The predicted molar refractivity (Wildman–Crippen MR) is 42.8 cm³/mol. The van der Waals surface area contributed by atoms with Crippen molar-refractivity contribution in [3.63, 3.8) is 0 Å². The third-order valence-electron chi connectivity index (χ3n) is 1.01. The Bertz CT molecular complexity index is 157. The van der Waals surface area contributed by atoms with Gasteiger partial charge in [-0.05, 0) is 6.92 Å². The van der Waals surface area contributed by atoms with Crippen LogP contribution in [-0.2, 0) is 9.53 Å². The summed E-state index contributed by atoms with van der Waals surface area (Å²) in [6.07, 6.45) is 0. The van der Waals surface area contributed by atoms with E-state index in [1.165, 1.54) is 0 Å². The van der Waals surface area contributed by atoms with E-state index in [2.05, 4.69) is 6.58 Å². The lowest BCUT2D eigenvalue weighted by atomic mass is 10.3. The first-order chi connectivity index (χ1) is 5.04. The summed E-state index contributed by atoms with van der Waals surface area (Å²) < 4.78 is 4.99. The van der Waals surface area contributed by atoms with Crippen LogP contribution in [0.15, 0.2) is 12.2 Å². The van der Waals surface area contributed by atoms with Gasteiger partial charge >= 0.3 is 0 Å². The lowest BCUT2D eigenvalue weighted by molar-refractivity contribution is -0.120. The fourth-order valence-corrected chi connectivity index (χ4v) is 0.442. The van der Waals surface area contributed by atoms with Crippen molar-refractivity contribution in [1.82, 2.24) is 0 Å². The molecule has 1 atom stereocenters. The van der Waals surface area contributed by atoms with Gasteiger partial charge in [-0.15, -0.1) is 0 Å². The SMILES string of the molecule is C=C(C)COCC(N)C(N)=O. The highest BCUT2D eigenvalue weighted by Gasteiger charge is 2.07. The number of carbonyl (C=O) groups excluding carboxylic acids is 1. The Labute approximate surface area is 66.2 Å². The van der Waals surface area contributed by atoms with Crippen LogP contribution in [0.1, 0.15) is 6.92 Å². The standard InChI is InChI=1S/C7H14N2O2/c1-5(2)3-11-4-6(8)7(9)10/h6H,1,3-4,8H2,2H3,(H2,9,10). The first-order valence-electron chi connectivity index (χ1n) is 3.31. The van der Waals surface area contributed by atoms with E-state index in [1.807, 2.05) is 6.92 Å². The molecule has 1 unspecified atom stereocenters. The van der Waals surface area contributed by atoms with Gasteiger partial charge in [-0.3, -0.25) is 4.79 Å². The van der Waals surface area contributed by atoms with E-state index >= 15 is 0 Å². The molecule has 0 aliphatic carbocycles. The zero-order valence-corrected chi connectivity index (χ0v) is 6.67. The molecule has 0 saturated heterocycles. The van der Waals surface area contributed by atoms with E-state index in [4.69, 9.17) is 16.2 Å². The van der Waals surface area contributed by atoms with Crippen LogP contribution >= 0.6 is 0 Å². The van der Waals surface area contributed by atoms with Crippen LogP contribution in [0, 0.1) is 0 Å². The second kappa shape index (κ2) is 4.87. The minimum absolute atomic E-state index is 0.155.